The second kappa shape index (κ2) is 8.06. The van der Waals surface area contributed by atoms with Crippen LogP contribution >= 0.6 is 23.2 Å². The van der Waals surface area contributed by atoms with E-state index in [9.17, 15) is 9.59 Å². The maximum atomic E-state index is 12.5. The molecule has 1 aliphatic carbocycles. The van der Waals surface area contributed by atoms with Crippen molar-refractivity contribution in [3.05, 3.63) is 58.3 Å². The maximum absolute atomic E-state index is 12.5. The Morgan fingerprint density at radius 3 is 2.65 bits per heavy atom. The van der Waals surface area contributed by atoms with E-state index in [4.69, 9.17) is 23.2 Å². The highest BCUT2D eigenvalue weighted by Crippen LogP contribution is 2.41. The van der Waals surface area contributed by atoms with Gasteiger partial charge in [-0.2, -0.15) is 0 Å². The van der Waals surface area contributed by atoms with Gasteiger partial charge in [-0.15, -0.1) is 0 Å². The average molecular weight is 392 g/mol. The van der Waals surface area contributed by atoms with E-state index in [-0.39, 0.29) is 23.7 Å². The quantitative estimate of drug-likeness (QED) is 0.816. The topological polar surface area (TPSA) is 62.3 Å². The van der Waals surface area contributed by atoms with Crippen LogP contribution in [0.5, 0.6) is 0 Å². The molecular weight excluding hydrogens is 373 g/mol. The molecule has 2 aromatic rings. The van der Waals surface area contributed by atoms with Crippen LogP contribution in [0.3, 0.4) is 0 Å². The van der Waals surface area contributed by atoms with Crippen molar-refractivity contribution < 1.29 is 9.59 Å². The van der Waals surface area contributed by atoms with Gasteiger partial charge in [0, 0.05) is 31.0 Å². The number of aromatic nitrogens is 1. The normalized spacial score (nSPS) is 18.3. The SMILES string of the molecule is CN(CCc1ccncc1)C(=O)C1CC1C(=O)Nc1cc(Cl)ccc1Cl. The molecule has 0 saturated heterocycles. The van der Waals surface area contributed by atoms with Gasteiger partial charge in [-0.25, -0.2) is 0 Å². The summed E-state index contributed by atoms with van der Waals surface area (Å²) in [7, 11) is 1.77. The van der Waals surface area contributed by atoms with Crippen molar-refractivity contribution in [3.63, 3.8) is 0 Å². The molecule has 136 valence electrons. The average Bonchev–Trinajstić information content (AvgIpc) is 3.44. The van der Waals surface area contributed by atoms with Crippen molar-refractivity contribution in [1.82, 2.24) is 9.88 Å². The first kappa shape index (κ1) is 18.7. The van der Waals surface area contributed by atoms with Crippen LogP contribution < -0.4 is 5.32 Å². The summed E-state index contributed by atoms with van der Waals surface area (Å²) >= 11 is 12.0. The van der Waals surface area contributed by atoms with Crippen molar-refractivity contribution in [3.8, 4) is 0 Å². The molecule has 1 N–H and O–H groups in total. The summed E-state index contributed by atoms with van der Waals surface area (Å²) in [6, 6.07) is 8.74. The minimum atomic E-state index is -0.319. The molecule has 2 unspecified atom stereocenters. The van der Waals surface area contributed by atoms with E-state index in [1.807, 2.05) is 12.1 Å². The lowest BCUT2D eigenvalue weighted by molar-refractivity contribution is -0.132. The van der Waals surface area contributed by atoms with Crippen molar-refractivity contribution in [2.24, 2.45) is 11.8 Å². The number of likely N-dealkylation sites (N-methyl/N-ethyl adjacent to an activating group) is 1. The summed E-state index contributed by atoms with van der Waals surface area (Å²) in [5.74, 6) is -0.789. The van der Waals surface area contributed by atoms with Crippen molar-refractivity contribution in [2.75, 3.05) is 18.9 Å². The molecule has 1 saturated carbocycles. The fourth-order valence-electron chi connectivity index (χ4n) is 2.82. The van der Waals surface area contributed by atoms with Crippen molar-refractivity contribution in [1.29, 1.82) is 0 Å². The fraction of sp³-hybridized carbons (Fsp3) is 0.316. The molecule has 0 bridgehead atoms. The summed E-state index contributed by atoms with van der Waals surface area (Å²) in [5.41, 5.74) is 1.59. The smallest absolute Gasteiger partial charge is 0.228 e. The first-order valence-corrected chi connectivity index (χ1v) is 9.11. The molecule has 2 amide bonds. The molecule has 1 heterocycles. The second-order valence-electron chi connectivity index (χ2n) is 6.43. The minimum Gasteiger partial charge on any atom is -0.345 e. The van der Waals surface area contributed by atoms with Crippen LogP contribution in [-0.2, 0) is 16.0 Å². The van der Waals surface area contributed by atoms with E-state index in [0.717, 1.165) is 12.0 Å². The van der Waals surface area contributed by atoms with Gasteiger partial charge in [-0.1, -0.05) is 23.2 Å². The number of pyridine rings is 1. The molecule has 1 aliphatic rings. The molecule has 3 rings (SSSR count). The van der Waals surface area contributed by atoms with Crippen LogP contribution in [0.2, 0.25) is 10.0 Å². The second-order valence-corrected chi connectivity index (χ2v) is 7.27. The van der Waals surface area contributed by atoms with Crippen LogP contribution in [0.1, 0.15) is 12.0 Å². The van der Waals surface area contributed by atoms with E-state index in [1.165, 1.54) is 0 Å². The molecule has 7 heteroatoms. The lowest BCUT2D eigenvalue weighted by Crippen LogP contribution is -2.31. The largest absolute Gasteiger partial charge is 0.345 e. The van der Waals surface area contributed by atoms with Gasteiger partial charge in [-0.05, 0) is 48.7 Å². The number of hydrogen-bond acceptors (Lipinski definition) is 3. The number of amides is 2. The van der Waals surface area contributed by atoms with Gasteiger partial charge < -0.3 is 10.2 Å². The first-order chi connectivity index (χ1) is 12.5. The van der Waals surface area contributed by atoms with E-state index >= 15 is 0 Å². The van der Waals surface area contributed by atoms with Gasteiger partial charge in [0.2, 0.25) is 11.8 Å². The van der Waals surface area contributed by atoms with Crippen LogP contribution in [0, 0.1) is 11.8 Å². The van der Waals surface area contributed by atoms with E-state index in [2.05, 4.69) is 10.3 Å². The third kappa shape index (κ3) is 4.54. The lowest BCUT2D eigenvalue weighted by atomic mass is 10.2. The Morgan fingerprint density at radius 2 is 1.92 bits per heavy atom. The summed E-state index contributed by atoms with van der Waals surface area (Å²) in [6.45, 7) is 0.605. The third-order valence-corrected chi connectivity index (χ3v) is 5.06. The van der Waals surface area contributed by atoms with Gasteiger partial charge in [-0.3, -0.25) is 14.6 Å². The van der Waals surface area contributed by atoms with Gasteiger partial charge >= 0.3 is 0 Å². The molecule has 5 nitrogen and oxygen atoms in total. The predicted molar refractivity (Wildman–Crippen MR) is 102 cm³/mol. The van der Waals surface area contributed by atoms with Crippen LogP contribution in [0.15, 0.2) is 42.7 Å². The Morgan fingerprint density at radius 1 is 1.19 bits per heavy atom. The highest BCUT2D eigenvalue weighted by molar-refractivity contribution is 6.35. The molecule has 1 aromatic heterocycles. The van der Waals surface area contributed by atoms with E-state index in [1.54, 1.807) is 42.5 Å². The fourth-order valence-corrected chi connectivity index (χ4v) is 3.15. The highest BCUT2D eigenvalue weighted by Gasteiger charge is 2.49. The molecule has 1 fully saturated rings. The third-order valence-electron chi connectivity index (χ3n) is 4.49. The number of anilines is 1. The Balaban J connectivity index is 1.51. The van der Waals surface area contributed by atoms with E-state index < -0.39 is 0 Å². The van der Waals surface area contributed by atoms with Crippen molar-refractivity contribution in [2.45, 2.75) is 12.8 Å². The molecular formula is C19H19Cl2N3O2. The summed E-state index contributed by atoms with van der Waals surface area (Å²) < 4.78 is 0. The van der Waals surface area contributed by atoms with Crippen LogP contribution in [-0.4, -0.2) is 35.3 Å². The number of carbonyl (C=O) groups is 2. The van der Waals surface area contributed by atoms with E-state index in [0.29, 0.717) is 28.7 Å². The molecule has 0 aliphatic heterocycles. The molecule has 2 atom stereocenters. The minimum absolute atomic E-state index is 0.00334. The number of halogens is 2. The number of benzene rings is 1. The van der Waals surface area contributed by atoms with Gasteiger partial charge in [0.15, 0.2) is 0 Å². The number of nitrogens with one attached hydrogen (secondary N) is 1. The molecule has 26 heavy (non-hydrogen) atoms. The Kier molecular flexibility index (Phi) is 5.79. The zero-order chi connectivity index (χ0) is 18.7. The maximum Gasteiger partial charge on any atom is 0.228 e. The summed E-state index contributed by atoms with van der Waals surface area (Å²) in [5, 5.41) is 3.67. The highest BCUT2D eigenvalue weighted by atomic mass is 35.5. The Labute approximate surface area is 162 Å². The van der Waals surface area contributed by atoms with Gasteiger partial charge in [0.25, 0.3) is 0 Å². The van der Waals surface area contributed by atoms with Crippen molar-refractivity contribution >= 4 is 40.7 Å². The lowest BCUT2D eigenvalue weighted by Gasteiger charge is -2.17. The predicted octanol–water partition coefficient (Wildman–Crippen LogP) is 3.66. The van der Waals surface area contributed by atoms with Crippen LogP contribution in [0.4, 0.5) is 5.69 Å². The number of hydrogen-bond donors (Lipinski definition) is 1. The number of nitrogens with zero attached hydrogens (tertiary/aromatic N) is 2. The Hall–Kier alpha value is -2.11. The zero-order valence-electron chi connectivity index (χ0n) is 14.3. The number of rotatable bonds is 6. The van der Waals surface area contributed by atoms with Crippen LogP contribution in [0.25, 0.3) is 0 Å². The van der Waals surface area contributed by atoms with Gasteiger partial charge in [0.05, 0.1) is 22.5 Å². The molecule has 0 radical (unpaired) electrons. The number of carbonyl (C=O) groups excluding carboxylic acids is 2. The molecule has 0 spiro atoms. The standard InChI is InChI=1S/C19H19Cl2N3O2/c1-24(9-6-12-4-7-22-8-5-12)19(26)15-11-14(15)18(25)23-17-10-13(20)2-3-16(17)21/h2-5,7-8,10,14-15H,6,9,11H2,1H3,(H,23,25). The summed E-state index contributed by atoms with van der Waals surface area (Å²) in [4.78, 5) is 30.5. The zero-order valence-corrected chi connectivity index (χ0v) is 15.8. The Bertz CT molecular complexity index is 814. The molecule has 1 aromatic carbocycles. The summed E-state index contributed by atoms with van der Waals surface area (Å²) in [6.07, 6.45) is 4.79. The monoisotopic (exact) mass is 391 g/mol. The first-order valence-electron chi connectivity index (χ1n) is 8.35. The van der Waals surface area contributed by atoms with Gasteiger partial charge in [0.1, 0.15) is 0 Å².